The first-order valence-electron chi connectivity index (χ1n) is 5.25. The molecule has 0 aliphatic rings. The number of benzene rings is 1. The highest BCUT2D eigenvalue weighted by atomic mass is 32.1. The molecular formula is C12H11FN2OS. The molecule has 0 N–H and O–H groups in total. The lowest BCUT2D eigenvalue weighted by molar-refractivity contribution is 0.104. The normalized spacial score (nSPS) is 10.5. The predicted octanol–water partition coefficient (Wildman–Crippen LogP) is 2.78. The Morgan fingerprint density at radius 2 is 2.24 bits per heavy atom. The summed E-state index contributed by atoms with van der Waals surface area (Å²) in [6.45, 7) is 3.56. The molecule has 0 spiro atoms. The van der Waals surface area contributed by atoms with Gasteiger partial charge in [-0.15, -0.1) is 5.10 Å². The molecule has 2 rings (SSSR count). The quantitative estimate of drug-likeness (QED) is 0.787. The van der Waals surface area contributed by atoms with Crippen LogP contribution in [0, 0.1) is 12.7 Å². The highest BCUT2D eigenvalue weighted by Crippen LogP contribution is 2.18. The number of aryl methyl sites for hydroxylation is 2. The van der Waals surface area contributed by atoms with Crippen LogP contribution in [0.15, 0.2) is 18.2 Å². The molecule has 17 heavy (non-hydrogen) atoms. The molecule has 0 atom stereocenters. The van der Waals surface area contributed by atoms with Crippen molar-refractivity contribution in [1.29, 1.82) is 0 Å². The number of carbonyl (C=O) groups is 1. The van der Waals surface area contributed by atoms with Crippen molar-refractivity contribution in [3.63, 3.8) is 0 Å². The summed E-state index contributed by atoms with van der Waals surface area (Å²) in [7, 11) is 0. The third-order valence-corrected chi connectivity index (χ3v) is 3.28. The van der Waals surface area contributed by atoms with Crippen LogP contribution in [0.1, 0.15) is 33.4 Å². The van der Waals surface area contributed by atoms with Crippen LogP contribution in [-0.4, -0.2) is 15.4 Å². The predicted molar refractivity (Wildman–Crippen MR) is 63.9 cm³/mol. The second-order valence-electron chi connectivity index (χ2n) is 3.70. The zero-order valence-electron chi connectivity index (χ0n) is 9.53. The van der Waals surface area contributed by atoms with Crippen LogP contribution in [0.2, 0.25) is 0 Å². The van der Waals surface area contributed by atoms with E-state index in [1.54, 1.807) is 13.0 Å². The van der Waals surface area contributed by atoms with Crippen LogP contribution in [0.5, 0.6) is 0 Å². The molecule has 1 heterocycles. The summed E-state index contributed by atoms with van der Waals surface area (Å²) < 4.78 is 16.9. The van der Waals surface area contributed by atoms with Gasteiger partial charge in [0.2, 0.25) is 5.78 Å². The van der Waals surface area contributed by atoms with Crippen molar-refractivity contribution in [3.05, 3.63) is 45.7 Å². The summed E-state index contributed by atoms with van der Waals surface area (Å²) in [5, 5.41) is 3.89. The number of hydrogen-bond donors (Lipinski definition) is 0. The fraction of sp³-hybridized carbons (Fsp3) is 0.250. The van der Waals surface area contributed by atoms with Crippen molar-refractivity contribution >= 4 is 17.3 Å². The van der Waals surface area contributed by atoms with Gasteiger partial charge in [0.25, 0.3) is 0 Å². The minimum Gasteiger partial charge on any atom is -0.288 e. The van der Waals surface area contributed by atoms with Crippen LogP contribution in [0.3, 0.4) is 0 Å². The lowest BCUT2D eigenvalue weighted by atomic mass is 10.1. The highest BCUT2D eigenvalue weighted by molar-refractivity contribution is 7.08. The van der Waals surface area contributed by atoms with E-state index in [-0.39, 0.29) is 11.6 Å². The monoisotopic (exact) mass is 250 g/mol. The SMILES string of the molecule is CCc1nnsc1C(=O)c1ccc(F)c(C)c1. The van der Waals surface area contributed by atoms with E-state index in [0.717, 1.165) is 11.5 Å². The van der Waals surface area contributed by atoms with E-state index in [0.29, 0.717) is 28.1 Å². The molecule has 0 amide bonds. The van der Waals surface area contributed by atoms with Crippen molar-refractivity contribution in [2.45, 2.75) is 20.3 Å². The second kappa shape index (κ2) is 4.71. The van der Waals surface area contributed by atoms with Crippen LogP contribution in [0.4, 0.5) is 4.39 Å². The Kier molecular flexibility index (Phi) is 3.28. The van der Waals surface area contributed by atoms with E-state index in [1.165, 1.54) is 12.1 Å². The van der Waals surface area contributed by atoms with Gasteiger partial charge in [0.1, 0.15) is 10.7 Å². The molecule has 0 saturated carbocycles. The highest BCUT2D eigenvalue weighted by Gasteiger charge is 2.17. The number of ketones is 1. The maximum atomic E-state index is 13.1. The van der Waals surface area contributed by atoms with E-state index in [1.807, 2.05) is 6.92 Å². The summed E-state index contributed by atoms with van der Waals surface area (Å²) in [6, 6.07) is 4.35. The zero-order valence-corrected chi connectivity index (χ0v) is 10.3. The third kappa shape index (κ3) is 2.24. The van der Waals surface area contributed by atoms with Gasteiger partial charge >= 0.3 is 0 Å². The van der Waals surface area contributed by atoms with Gasteiger partial charge in [-0.3, -0.25) is 4.79 Å². The van der Waals surface area contributed by atoms with Gasteiger partial charge in [-0.05, 0) is 48.6 Å². The molecule has 2 aromatic rings. The Bertz CT molecular complexity index is 565. The second-order valence-corrected chi connectivity index (χ2v) is 4.45. The molecule has 5 heteroatoms. The Hall–Kier alpha value is -1.62. The van der Waals surface area contributed by atoms with Crippen molar-refractivity contribution < 1.29 is 9.18 Å². The molecule has 0 aliphatic carbocycles. The molecule has 1 aromatic heterocycles. The van der Waals surface area contributed by atoms with Gasteiger partial charge in [0, 0.05) is 5.56 Å². The Labute approximate surface area is 102 Å². The lowest BCUT2D eigenvalue weighted by Gasteiger charge is -2.01. The van der Waals surface area contributed by atoms with Gasteiger partial charge in [-0.2, -0.15) is 0 Å². The van der Waals surface area contributed by atoms with E-state index in [4.69, 9.17) is 0 Å². The van der Waals surface area contributed by atoms with Crippen molar-refractivity contribution in [2.75, 3.05) is 0 Å². The van der Waals surface area contributed by atoms with Crippen molar-refractivity contribution in [1.82, 2.24) is 9.59 Å². The molecule has 0 aliphatic heterocycles. The molecule has 0 unspecified atom stereocenters. The average Bonchev–Trinajstić information content (AvgIpc) is 2.80. The van der Waals surface area contributed by atoms with E-state index >= 15 is 0 Å². The molecule has 3 nitrogen and oxygen atoms in total. The third-order valence-electron chi connectivity index (χ3n) is 2.52. The van der Waals surface area contributed by atoms with Gasteiger partial charge in [0.05, 0.1) is 5.69 Å². The number of hydrogen-bond acceptors (Lipinski definition) is 4. The molecule has 88 valence electrons. The lowest BCUT2D eigenvalue weighted by Crippen LogP contribution is -2.03. The number of carbonyl (C=O) groups excluding carboxylic acids is 1. The van der Waals surface area contributed by atoms with E-state index < -0.39 is 0 Å². The molecule has 0 fully saturated rings. The minimum atomic E-state index is -0.306. The minimum absolute atomic E-state index is 0.139. The van der Waals surface area contributed by atoms with Gasteiger partial charge < -0.3 is 0 Å². The van der Waals surface area contributed by atoms with Gasteiger partial charge in [0.15, 0.2) is 0 Å². The zero-order chi connectivity index (χ0) is 12.4. The van der Waals surface area contributed by atoms with Gasteiger partial charge in [-0.25, -0.2) is 4.39 Å². The number of nitrogens with zero attached hydrogens (tertiary/aromatic N) is 2. The number of aromatic nitrogens is 2. The standard InChI is InChI=1S/C12H11FN2OS/c1-3-10-12(17-15-14-10)11(16)8-4-5-9(13)7(2)6-8/h4-6H,3H2,1-2H3. The first-order valence-corrected chi connectivity index (χ1v) is 6.03. The number of rotatable bonds is 3. The Balaban J connectivity index is 2.40. The molecule has 0 saturated heterocycles. The van der Waals surface area contributed by atoms with Gasteiger partial charge in [-0.1, -0.05) is 11.4 Å². The molecule has 0 bridgehead atoms. The first kappa shape index (κ1) is 11.9. The van der Waals surface area contributed by atoms with Crippen molar-refractivity contribution in [2.24, 2.45) is 0 Å². The number of halogens is 1. The van der Waals surface area contributed by atoms with Crippen LogP contribution in [0.25, 0.3) is 0 Å². The summed E-state index contributed by atoms with van der Waals surface area (Å²) in [4.78, 5) is 12.7. The van der Waals surface area contributed by atoms with Crippen LogP contribution >= 0.6 is 11.5 Å². The summed E-state index contributed by atoms with van der Waals surface area (Å²) in [6.07, 6.45) is 0.664. The molecule has 0 radical (unpaired) electrons. The fourth-order valence-electron chi connectivity index (χ4n) is 1.53. The van der Waals surface area contributed by atoms with Crippen LogP contribution in [-0.2, 0) is 6.42 Å². The average molecular weight is 250 g/mol. The summed E-state index contributed by atoms with van der Waals surface area (Å²) in [5.74, 6) is -0.445. The molecule has 1 aromatic carbocycles. The Morgan fingerprint density at radius 1 is 1.47 bits per heavy atom. The summed E-state index contributed by atoms with van der Waals surface area (Å²) >= 11 is 1.08. The Morgan fingerprint density at radius 3 is 2.88 bits per heavy atom. The van der Waals surface area contributed by atoms with E-state index in [2.05, 4.69) is 9.59 Å². The van der Waals surface area contributed by atoms with Crippen molar-refractivity contribution in [3.8, 4) is 0 Å². The largest absolute Gasteiger partial charge is 0.288 e. The first-order chi connectivity index (χ1) is 8.13. The van der Waals surface area contributed by atoms with E-state index in [9.17, 15) is 9.18 Å². The topological polar surface area (TPSA) is 42.9 Å². The maximum absolute atomic E-state index is 13.1. The fourth-order valence-corrected chi connectivity index (χ4v) is 2.24. The summed E-state index contributed by atoms with van der Waals surface area (Å²) in [5.41, 5.74) is 1.64. The smallest absolute Gasteiger partial charge is 0.206 e. The van der Waals surface area contributed by atoms with Crippen LogP contribution < -0.4 is 0 Å². The maximum Gasteiger partial charge on any atom is 0.206 e. The molecular weight excluding hydrogens is 239 g/mol.